The van der Waals surface area contributed by atoms with E-state index in [0.717, 1.165) is 28.4 Å². The van der Waals surface area contributed by atoms with Crippen molar-refractivity contribution < 1.29 is 0 Å². The first-order valence-corrected chi connectivity index (χ1v) is 7.34. The maximum absolute atomic E-state index is 4.35. The number of hydrogen-bond donors (Lipinski definition) is 1. The average molecular weight is 320 g/mol. The van der Waals surface area contributed by atoms with Crippen LogP contribution in [0.4, 0.5) is 11.5 Å². The molecular weight excluding hydrogens is 302 g/mol. The summed E-state index contributed by atoms with van der Waals surface area (Å²) in [6, 6.07) is 10.4. The zero-order valence-electron chi connectivity index (χ0n) is 11.3. The Kier molecular flexibility index (Phi) is 4.91. The fraction of sp³-hybridized carbons (Fsp3) is 0.333. The van der Waals surface area contributed by atoms with Crippen LogP contribution < -0.4 is 5.32 Å². The first-order chi connectivity index (χ1) is 9.17. The van der Waals surface area contributed by atoms with E-state index in [9.17, 15) is 0 Å². The zero-order chi connectivity index (χ0) is 13.7. The standard InChI is InChI=1S/C15H18BrN3/c1-3-4-5-12-6-8-13(9-7-12)19-15-10-14(16)17-11(2)18-15/h6-10H,3-5H2,1-2H3,(H,17,18,19). The van der Waals surface area contributed by atoms with Gasteiger partial charge >= 0.3 is 0 Å². The third kappa shape index (κ3) is 4.31. The van der Waals surface area contributed by atoms with E-state index >= 15 is 0 Å². The third-order valence-electron chi connectivity index (χ3n) is 2.85. The molecule has 0 aliphatic carbocycles. The summed E-state index contributed by atoms with van der Waals surface area (Å²) in [6.07, 6.45) is 3.62. The third-order valence-corrected chi connectivity index (χ3v) is 3.26. The maximum atomic E-state index is 4.35. The topological polar surface area (TPSA) is 37.8 Å². The molecule has 0 aliphatic rings. The van der Waals surface area contributed by atoms with Crippen LogP contribution in [0.3, 0.4) is 0 Å². The number of hydrogen-bond acceptors (Lipinski definition) is 3. The predicted octanol–water partition coefficient (Wildman–Crippen LogP) is 4.63. The first kappa shape index (κ1) is 14.0. The van der Waals surface area contributed by atoms with Crippen LogP contribution in [0.25, 0.3) is 0 Å². The smallest absolute Gasteiger partial charge is 0.135 e. The summed E-state index contributed by atoms with van der Waals surface area (Å²) in [5.41, 5.74) is 2.43. The van der Waals surface area contributed by atoms with Crippen LogP contribution in [0.1, 0.15) is 31.2 Å². The second kappa shape index (κ2) is 6.66. The number of anilines is 2. The van der Waals surface area contributed by atoms with Gasteiger partial charge in [-0.3, -0.25) is 0 Å². The molecule has 0 unspecified atom stereocenters. The summed E-state index contributed by atoms with van der Waals surface area (Å²) >= 11 is 3.38. The van der Waals surface area contributed by atoms with Gasteiger partial charge in [0.2, 0.25) is 0 Å². The molecule has 1 heterocycles. The van der Waals surface area contributed by atoms with E-state index in [0.29, 0.717) is 0 Å². The van der Waals surface area contributed by atoms with E-state index in [1.807, 2.05) is 13.0 Å². The summed E-state index contributed by atoms with van der Waals surface area (Å²) in [5, 5.41) is 3.29. The Morgan fingerprint density at radius 1 is 1.16 bits per heavy atom. The molecule has 3 nitrogen and oxygen atoms in total. The van der Waals surface area contributed by atoms with Crippen molar-refractivity contribution in [2.75, 3.05) is 5.32 Å². The Morgan fingerprint density at radius 3 is 2.53 bits per heavy atom. The Bertz CT molecular complexity index is 517. The average Bonchev–Trinajstić information content (AvgIpc) is 2.37. The number of benzene rings is 1. The highest BCUT2D eigenvalue weighted by atomic mass is 79.9. The molecule has 1 aromatic carbocycles. The van der Waals surface area contributed by atoms with E-state index in [1.54, 1.807) is 0 Å². The SMILES string of the molecule is CCCCc1ccc(Nc2cc(Br)nc(C)n2)cc1. The van der Waals surface area contributed by atoms with Crippen LogP contribution in [0.15, 0.2) is 34.9 Å². The minimum Gasteiger partial charge on any atom is -0.340 e. The molecule has 0 amide bonds. The Morgan fingerprint density at radius 2 is 1.89 bits per heavy atom. The molecule has 2 rings (SSSR count). The summed E-state index contributed by atoms with van der Waals surface area (Å²) in [6.45, 7) is 4.09. The van der Waals surface area contributed by atoms with Crippen LogP contribution in [0.2, 0.25) is 0 Å². The van der Waals surface area contributed by atoms with E-state index in [1.165, 1.54) is 18.4 Å². The van der Waals surface area contributed by atoms with Gasteiger partial charge in [0.05, 0.1) is 0 Å². The number of unbranched alkanes of at least 4 members (excludes halogenated alkanes) is 1. The van der Waals surface area contributed by atoms with Gasteiger partial charge in [0, 0.05) is 11.8 Å². The van der Waals surface area contributed by atoms with Gasteiger partial charge in [-0.15, -0.1) is 0 Å². The van der Waals surface area contributed by atoms with Gasteiger partial charge in [0.15, 0.2) is 0 Å². The summed E-state index contributed by atoms with van der Waals surface area (Å²) in [5.74, 6) is 1.55. The molecule has 100 valence electrons. The number of nitrogens with zero attached hydrogens (tertiary/aromatic N) is 2. The lowest BCUT2D eigenvalue weighted by atomic mass is 10.1. The molecule has 4 heteroatoms. The van der Waals surface area contributed by atoms with Crippen molar-refractivity contribution in [1.82, 2.24) is 9.97 Å². The quantitative estimate of drug-likeness (QED) is 0.816. The summed E-state index contributed by atoms with van der Waals surface area (Å²) < 4.78 is 0.794. The van der Waals surface area contributed by atoms with Gasteiger partial charge in [0.1, 0.15) is 16.2 Å². The van der Waals surface area contributed by atoms with Gasteiger partial charge < -0.3 is 5.32 Å². The fourth-order valence-electron chi connectivity index (χ4n) is 1.88. The fourth-order valence-corrected chi connectivity index (χ4v) is 2.35. The molecule has 19 heavy (non-hydrogen) atoms. The predicted molar refractivity (Wildman–Crippen MR) is 82.8 cm³/mol. The molecule has 1 aromatic heterocycles. The van der Waals surface area contributed by atoms with Crippen molar-refractivity contribution in [2.45, 2.75) is 33.1 Å². The van der Waals surface area contributed by atoms with Crippen molar-refractivity contribution in [3.8, 4) is 0 Å². The number of aromatic nitrogens is 2. The Hall–Kier alpha value is -1.42. The van der Waals surface area contributed by atoms with Gasteiger partial charge in [0.25, 0.3) is 0 Å². The summed E-state index contributed by atoms with van der Waals surface area (Å²) in [4.78, 5) is 8.54. The van der Waals surface area contributed by atoms with Crippen LogP contribution in [0.5, 0.6) is 0 Å². The van der Waals surface area contributed by atoms with Crippen molar-refractivity contribution in [2.24, 2.45) is 0 Å². The normalized spacial score (nSPS) is 10.5. The van der Waals surface area contributed by atoms with Crippen molar-refractivity contribution in [3.63, 3.8) is 0 Å². The molecule has 1 N–H and O–H groups in total. The minimum absolute atomic E-state index is 0.747. The van der Waals surface area contributed by atoms with E-state index in [4.69, 9.17) is 0 Å². The largest absolute Gasteiger partial charge is 0.340 e. The number of rotatable bonds is 5. The minimum atomic E-state index is 0.747. The second-order valence-corrected chi connectivity index (χ2v) is 5.36. The first-order valence-electron chi connectivity index (χ1n) is 6.54. The molecular formula is C15H18BrN3. The lowest BCUT2D eigenvalue weighted by Crippen LogP contribution is -1.97. The van der Waals surface area contributed by atoms with Gasteiger partial charge in [-0.05, 0) is 53.4 Å². The van der Waals surface area contributed by atoms with Crippen molar-refractivity contribution in [1.29, 1.82) is 0 Å². The Balaban J connectivity index is 2.06. The highest BCUT2D eigenvalue weighted by Gasteiger charge is 2.00. The van der Waals surface area contributed by atoms with Gasteiger partial charge in [-0.1, -0.05) is 25.5 Å². The van der Waals surface area contributed by atoms with Crippen LogP contribution in [-0.2, 0) is 6.42 Å². The van der Waals surface area contributed by atoms with Crippen molar-refractivity contribution in [3.05, 3.63) is 46.3 Å². The number of halogens is 1. The molecule has 0 saturated heterocycles. The number of aryl methyl sites for hydroxylation is 2. The number of nitrogens with one attached hydrogen (secondary N) is 1. The van der Waals surface area contributed by atoms with E-state index in [-0.39, 0.29) is 0 Å². The van der Waals surface area contributed by atoms with Crippen LogP contribution >= 0.6 is 15.9 Å². The molecule has 0 aliphatic heterocycles. The van der Waals surface area contributed by atoms with Crippen LogP contribution in [0, 0.1) is 6.92 Å². The monoisotopic (exact) mass is 319 g/mol. The molecule has 0 fully saturated rings. The molecule has 0 radical (unpaired) electrons. The zero-order valence-corrected chi connectivity index (χ0v) is 12.9. The van der Waals surface area contributed by atoms with Gasteiger partial charge in [-0.2, -0.15) is 0 Å². The van der Waals surface area contributed by atoms with Crippen molar-refractivity contribution >= 4 is 27.4 Å². The Labute approximate surface area is 122 Å². The summed E-state index contributed by atoms with van der Waals surface area (Å²) in [7, 11) is 0. The highest BCUT2D eigenvalue weighted by Crippen LogP contribution is 2.18. The molecule has 0 spiro atoms. The molecule has 0 atom stereocenters. The maximum Gasteiger partial charge on any atom is 0.135 e. The van der Waals surface area contributed by atoms with Gasteiger partial charge in [-0.25, -0.2) is 9.97 Å². The lowest BCUT2D eigenvalue weighted by Gasteiger charge is -2.07. The van der Waals surface area contributed by atoms with Crippen LogP contribution in [-0.4, -0.2) is 9.97 Å². The molecule has 0 saturated carbocycles. The van der Waals surface area contributed by atoms with E-state index in [2.05, 4.69) is 62.4 Å². The highest BCUT2D eigenvalue weighted by molar-refractivity contribution is 9.10. The molecule has 0 bridgehead atoms. The molecule has 2 aromatic rings. The van der Waals surface area contributed by atoms with E-state index < -0.39 is 0 Å². The lowest BCUT2D eigenvalue weighted by molar-refractivity contribution is 0.795. The second-order valence-electron chi connectivity index (χ2n) is 4.55.